The maximum atomic E-state index is 5.91. The van der Waals surface area contributed by atoms with Crippen LogP contribution < -0.4 is 4.74 Å². The number of hydrogen-bond acceptors (Lipinski definition) is 3. The van der Waals surface area contributed by atoms with Crippen LogP contribution in [0.1, 0.15) is 95.8 Å². The highest BCUT2D eigenvalue weighted by molar-refractivity contribution is 7.17. The van der Waals surface area contributed by atoms with Gasteiger partial charge in [0.1, 0.15) is 5.75 Å². The van der Waals surface area contributed by atoms with Crippen molar-refractivity contribution < 1.29 is 4.74 Å². The zero-order chi connectivity index (χ0) is 21.7. The number of ether oxygens (including phenoxy) is 1. The zero-order valence-corrected chi connectivity index (χ0v) is 20.4. The number of unbranched alkanes of at least 4 members (excludes halogenated alkanes) is 10. The highest BCUT2D eigenvalue weighted by Gasteiger charge is 2.08. The molecule has 0 bridgehead atoms. The van der Waals surface area contributed by atoms with E-state index in [4.69, 9.17) is 9.72 Å². The van der Waals surface area contributed by atoms with E-state index in [9.17, 15) is 0 Å². The molecule has 0 radical (unpaired) electrons. The lowest BCUT2D eigenvalue weighted by Gasteiger charge is -2.06. The van der Waals surface area contributed by atoms with E-state index < -0.39 is 0 Å². The monoisotopic (exact) mass is 440 g/mol. The molecule has 0 atom stereocenters. The van der Waals surface area contributed by atoms with Crippen molar-refractivity contribution in [3.05, 3.63) is 41.5 Å². The number of nitrogens with zero attached hydrogens (tertiary/aromatic N) is 2. The third-order valence-electron chi connectivity index (χ3n) is 5.90. The summed E-state index contributed by atoms with van der Waals surface area (Å²) in [6, 6.07) is 8.40. The highest BCUT2D eigenvalue weighted by Crippen LogP contribution is 2.26. The second-order valence-electron chi connectivity index (χ2n) is 8.67. The van der Waals surface area contributed by atoms with Crippen LogP contribution in [-0.4, -0.2) is 16.0 Å². The molecule has 0 spiro atoms. The van der Waals surface area contributed by atoms with Crippen molar-refractivity contribution in [1.29, 1.82) is 0 Å². The number of aryl methyl sites for hydroxylation is 1. The number of thiazole rings is 1. The Balaban J connectivity index is 1.42. The van der Waals surface area contributed by atoms with Gasteiger partial charge in [-0.1, -0.05) is 78.1 Å². The lowest BCUT2D eigenvalue weighted by atomic mass is 10.1. The Morgan fingerprint density at radius 2 is 1.42 bits per heavy atom. The predicted molar refractivity (Wildman–Crippen MR) is 134 cm³/mol. The fraction of sp³-hybridized carbons (Fsp3) is 0.593. The maximum absolute atomic E-state index is 5.91. The molecule has 3 nitrogen and oxygen atoms in total. The van der Waals surface area contributed by atoms with Crippen molar-refractivity contribution >= 4 is 16.3 Å². The summed E-state index contributed by atoms with van der Waals surface area (Å²) in [7, 11) is 0. The van der Waals surface area contributed by atoms with Crippen LogP contribution in [0.3, 0.4) is 0 Å². The molecule has 0 amide bonds. The predicted octanol–water partition coefficient (Wildman–Crippen LogP) is 8.71. The second-order valence-corrected chi connectivity index (χ2v) is 9.77. The summed E-state index contributed by atoms with van der Waals surface area (Å²) in [5, 5.41) is 0. The van der Waals surface area contributed by atoms with Crippen molar-refractivity contribution in [1.82, 2.24) is 9.38 Å². The first-order valence-electron chi connectivity index (χ1n) is 12.5. The molecule has 1 aromatic carbocycles. The van der Waals surface area contributed by atoms with Crippen LogP contribution in [0, 0.1) is 0 Å². The van der Waals surface area contributed by atoms with E-state index in [1.165, 1.54) is 81.9 Å². The number of rotatable bonds is 16. The summed E-state index contributed by atoms with van der Waals surface area (Å²) in [6.45, 7) is 5.34. The summed E-state index contributed by atoms with van der Waals surface area (Å²) in [6.07, 6.45) is 21.4. The maximum Gasteiger partial charge on any atom is 0.194 e. The van der Waals surface area contributed by atoms with E-state index in [0.29, 0.717) is 0 Å². The first kappa shape index (κ1) is 23.8. The number of imidazole rings is 1. The quantitative estimate of drug-likeness (QED) is 0.208. The van der Waals surface area contributed by atoms with Crippen LogP contribution in [-0.2, 0) is 6.42 Å². The standard InChI is InChI=1S/C27H40N2OS/c1-3-5-7-9-11-13-15-25-21-29-22-26(28-27(29)31-25)23-16-18-24(19-17-23)30-20-14-12-10-8-6-4-2/h16-19,21-22H,3-15,20H2,1-2H3. The lowest BCUT2D eigenvalue weighted by molar-refractivity contribution is 0.304. The molecule has 31 heavy (non-hydrogen) atoms. The van der Waals surface area contributed by atoms with E-state index in [2.05, 4.69) is 54.9 Å². The Morgan fingerprint density at radius 3 is 2.10 bits per heavy atom. The van der Waals surface area contributed by atoms with E-state index >= 15 is 0 Å². The van der Waals surface area contributed by atoms with Crippen LogP contribution in [0.25, 0.3) is 16.2 Å². The van der Waals surface area contributed by atoms with E-state index in [1.54, 1.807) is 0 Å². The smallest absolute Gasteiger partial charge is 0.194 e. The number of fused-ring (bicyclic) bond motifs is 1. The summed E-state index contributed by atoms with van der Waals surface area (Å²) in [5.41, 5.74) is 2.19. The van der Waals surface area contributed by atoms with Gasteiger partial charge >= 0.3 is 0 Å². The molecule has 0 aliphatic rings. The first-order valence-corrected chi connectivity index (χ1v) is 13.3. The SMILES string of the molecule is CCCCCCCCOc1ccc(-c2cn3cc(CCCCCCCC)sc3n2)cc1. The Morgan fingerprint density at radius 1 is 0.774 bits per heavy atom. The second kappa shape index (κ2) is 13.6. The van der Waals surface area contributed by atoms with Gasteiger partial charge in [-0.2, -0.15) is 0 Å². The summed E-state index contributed by atoms with van der Waals surface area (Å²) < 4.78 is 8.10. The van der Waals surface area contributed by atoms with Gasteiger partial charge in [0.25, 0.3) is 0 Å². The third kappa shape index (κ3) is 7.99. The molecule has 4 heteroatoms. The normalized spacial score (nSPS) is 11.4. The average Bonchev–Trinajstić information content (AvgIpc) is 3.35. The third-order valence-corrected chi connectivity index (χ3v) is 6.95. The van der Waals surface area contributed by atoms with E-state index in [0.717, 1.165) is 35.0 Å². The van der Waals surface area contributed by atoms with Gasteiger partial charge in [0.2, 0.25) is 0 Å². The molecule has 0 aliphatic heterocycles. The van der Waals surface area contributed by atoms with Gasteiger partial charge in [-0.3, -0.25) is 4.40 Å². The van der Waals surface area contributed by atoms with E-state index in [1.807, 2.05) is 11.3 Å². The summed E-state index contributed by atoms with van der Waals surface area (Å²) in [5.74, 6) is 0.958. The molecule has 0 unspecified atom stereocenters. The van der Waals surface area contributed by atoms with Gasteiger partial charge < -0.3 is 4.74 Å². The van der Waals surface area contributed by atoms with Crippen LogP contribution >= 0.6 is 11.3 Å². The van der Waals surface area contributed by atoms with Crippen LogP contribution in [0.15, 0.2) is 36.7 Å². The van der Waals surface area contributed by atoms with E-state index in [-0.39, 0.29) is 0 Å². The number of hydrogen-bond donors (Lipinski definition) is 0. The zero-order valence-electron chi connectivity index (χ0n) is 19.6. The van der Waals surface area contributed by atoms with Crippen molar-refractivity contribution in [2.24, 2.45) is 0 Å². The number of aromatic nitrogens is 2. The van der Waals surface area contributed by atoms with Crippen molar-refractivity contribution in [2.45, 2.75) is 97.3 Å². The Hall–Kier alpha value is -1.81. The lowest BCUT2D eigenvalue weighted by Crippen LogP contribution is -1.97. The van der Waals surface area contributed by atoms with Gasteiger partial charge in [-0.25, -0.2) is 4.98 Å². The van der Waals surface area contributed by atoms with Gasteiger partial charge in [0.15, 0.2) is 4.96 Å². The van der Waals surface area contributed by atoms with Gasteiger partial charge in [-0.15, -0.1) is 11.3 Å². The van der Waals surface area contributed by atoms with Crippen LogP contribution in [0.2, 0.25) is 0 Å². The molecular weight excluding hydrogens is 400 g/mol. The molecule has 2 heterocycles. The fourth-order valence-electron chi connectivity index (χ4n) is 3.97. The van der Waals surface area contributed by atoms with Crippen molar-refractivity contribution in [3.8, 4) is 17.0 Å². The minimum Gasteiger partial charge on any atom is -0.494 e. The average molecular weight is 441 g/mol. The van der Waals surface area contributed by atoms with Crippen molar-refractivity contribution in [3.63, 3.8) is 0 Å². The summed E-state index contributed by atoms with van der Waals surface area (Å²) >= 11 is 1.83. The minimum absolute atomic E-state index is 0.813. The van der Waals surface area contributed by atoms with Gasteiger partial charge in [-0.05, 0) is 43.5 Å². The van der Waals surface area contributed by atoms with Gasteiger partial charge in [0.05, 0.1) is 12.3 Å². The molecule has 0 saturated carbocycles. The van der Waals surface area contributed by atoms with Gasteiger partial charge in [0, 0.05) is 22.8 Å². The molecule has 0 N–H and O–H groups in total. The van der Waals surface area contributed by atoms with Crippen LogP contribution in [0.5, 0.6) is 5.75 Å². The topological polar surface area (TPSA) is 26.5 Å². The Labute approximate surface area is 192 Å². The fourth-order valence-corrected chi connectivity index (χ4v) is 4.97. The Kier molecular flexibility index (Phi) is 10.4. The Bertz CT molecular complexity index is 834. The molecule has 0 saturated heterocycles. The molecule has 0 fully saturated rings. The molecule has 0 aliphatic carbocycles. The minimum atomic E-state index is 0.813. The first-order chi connectivity index (χ1) is 15.3. The molecule has 3 aromatic rings. The molecular formula is C27H40N2OS. The van der Waals surface area contributed by atoms with Crippen LogP contribution in [0.4, 0.5) is 0 Å². The molecule has 3 rings (SSSR count). The van der Waals surface area contributed by atoms with Crippen molar-refractivity contribution in [2.75, 3.05) is 6.61 Å². The molecule has 170 valence electrons. The largest absolute Gasteiger partial charge is 0.494 e. The molecule has 2 aromatic heterocycles. The summed E-state index contributed by atoms with van der Waals surface area (Å²) in [4.78, 5) is 7.40. The highest BCUT2D eigenvalue weighted by atomic mass is 32.1. The number of benzene rings is 1.